The molecule has 3 nitrogen and oxygen atoms in total. The number of benzene rings is 1. The van der Waals surface area contributed by atoms with Gasteiger partial charge in [0.25, 0.3) is 0 Å². The van der Waals surface area contributed by atoms with Crippen molar-refractivity contribution in [3.63, 3.8) is 0 Å². The maximum absolute atomic E-state index is 13.7. The van der Waals surface area contributed by atoms with Gasteiger partial charge in [-0.1, -0.05) is 25.1 Å². The molecule has 1 N–H and O–H groups in total. The number of hydrogen-bond donors (Lipinski definition) is 1. The van der Waals surface area contributed by atoms with Crippen LogP contribution in [0.25, 0.3) is 0 Å². The van der Waals surface area contributed by atoms with Gasteiger partial charge in [0.1, 0.15) is 5.82 Å². The van der Waals surface area contributed by atoms with E-state index in [1.165, 1.54) is 11.8 Å². The summed E-state index contributed by atoms with van der Waals surface area (Å²) in [6, 6.07) is 6.92. The van der Waals surface area contributed by atoms with E-state index in [1.54, 1.807) is 12.4 Å². The van der Waals surface area contributed by atoms with Gasteiger partial charge in [0.15, 0.2) is 0 Å². The highest BCUT2D eigenvalue weighted by atomic mass is 19.1. The van der Waals surface area contributed by atoms with Crippen LogP contribution in [0.15, 0.2) is 36.8 Å². The number of imidazole rings is 1. The standard InChI is InChI=1S/C15H18FN3/c1-15(6-7-17-10-15)14-8-18-11-19(14)9-12-4-2-3-5-13(12)16/h2-5,8,11,17H,6-7,9-10H2,1H3. The lowest BCUT2D eigenvalue weighted by Gasteiger charge is -2.24. The minimum Gasteiger partial charge on any atom is -0.329 e. The Labute approximate surface area is 112 Å². The molecule has 1 aliphatic heterocycles. The molecule has 1 unspecified atom stereocenters. The lowest BCUT2D eigenvalue weighted by atomic mass is 9.86. The van der Waals surface area contributed by atoms with Crippen molar-refractivity contribution < 1.29 is 4.39 Å². The quantitative estimate of drug-likeness (QED) is 0.916. The highest BCUT2D eigenvalue weighted by Gasteiger charge is 2.33. The fourth-order valence-corrected chi connectivity index (χ4v) is 2.80. The summed E-state index contributed by atoms with van der Waals surface area (Å²) < 4.78 is 15.8. The smallest absolute Gasteiger partial charge is 0.128 e. The molecule has 1 fully saturated rings. The zero-order valence-corrected chi connectivity index (χ0v) is 11.1. The first-order valence-corrected chi connectivity index (χ1v) is 6.64. The molecule has 0 bridgehead atoms. The third-order valence-electron chi connectivity index (χ3n) is 4.00. The van der Waals surface area contributed by atoms with Crippen LogP contribution in [0.3, 0.4) is 0 Å². The molecule has 0 saturated carbocycles. The minimum absolute atomic E-state index is 0.0990. The van der Waals surface area contributed by atoms with Crippen LogP contribution in [0.2, 0.25) is 0 Å². The van der Waals surface area contributed by atoms with Crippen molar-refractivity contribution in [1.82, 2.24) is 14.9 Å². The van der Waals surface area contributed by atoms with E-state index in [0.29, 0.717) is 12.1 Å². The Bertz CT molecular complexity index is 570. The number of nitrogens with zero attached hydrogens (tertiary/aromatic N) is 2. The Morgan fingerprint density at radius 1 is 1.42 bits per heavy atom. The van der Waals surface area contributed by atoms with E-state index in [0.717, 1.165) is 19.5 Å². The first-order valence-electron chi connectivity index (χ1n) is 6.64. The van der Waals surface area contributed by atoms with E-state index in [-0.39, 0.29) is 11.2 Å². The van der Waals surface area contributed by atoms with Crippen molar-refractivity contribution in [3.8, 4) is 0 Å². The van der Waals surface area contributed by atoms with E-state index in [9.17, 15) is 4.39 Å². The molecule has 100 valence electrons. The molecule has 19 heavy (non-hydrogen) atoms. The monoisotopic (exact) mass is 259 g/mol. The molecule has 2 aromatic rings. The molecule has 1 saturated heterocycles. The predicted molar refractivity (Wildman–Crippen MR) is 72.6 cm³/mol. The number of aromatic nitrogens is 2. The van der Waals surface area contributed by atoms with Crippen LogP contribution >= 0.6 is 0 Å². The molecular weight excluding hydrogens is 241 g/mol. The van der Waals surface area contributed by atoms with Crippen molar-refractivity contribution in [2.24, 2.45) is 0 Å². The zero-order valence-electron chi connectivity index (χ0n) is 11.1. The third-order valence-corrected chi connectivity index (χ3v) is 4.00. The van der Waals surface area contributed by atoms with Gasteiger partial charge in [-0.2, -0.15) is 0 Å². The summed E-state index contributed by atoms with van der Waals surface area (Å²) in [5, 5.41) is 3.39. The second-order valence-electron chi connectivity index (χ2n) is 5.49. The first-order chi connectivity index (χ1) is 9.19. The Balaban J connectivity index is 1.91. The second kappa shape index (κ2) is 4.78. The highest BCUT2D eigenvalue weighted by molar-refractivity contribution is 5.22. The summed E-state index contributed by atoms with van der Waals surface area (Å²) in [5.41, 5.74) is 1.99. The molecule has 0 aliphatic carbocycles. The van der Waals surface area contributed by atoms with Crippen LogP contribution in [0.1, 0.15) is 24.6 Å². The van der Waals surface area contributed by atoms with Gasteiger partial charge in [0.2, 0.25) is 0 Å². The summed E-state index contributed by atoms with van der Waals surface area (Å²) in [4.78, 5) is 4.25. The zero-order chi connectivity index (χ0) is 13.3. The van der Waals surface area contributed by atoms with Crippen LogP contribution in [0.4, 0.5) is 4.39 Å². The van der Waals surface area contributed by atoms with Crippen LogP contribution in [0, 0.1) is 5.82 Å². The average Bonchev–Trinajstić information content (AvgIpc) is 3.02. The molecule has 2 heterocycles. The SMILES string of the molecule is CC1(c2cncn2Cc2ccccc2F)CCNC1. The van der Waals surface area contributed by atoms with Crippen molar-refractivity contribution in [2.45, 2.75) is 25.3 Å². The highest BCUT2D eigenvalue weighted by Crippen LogP contribution is 2.30. The van der Waals surface area contributed by atoms with Gasteiger partial charge in [-0.15, -0.1) is 0 Å². The van der Waals surface area contributed by atoms with E-state index in [1.807, 2.05) is 18.3 Å². The molecule has 4 heteroatoms. The minimum atomic E-state index is -0.156. The molecule has 3 rings (SSSR count). The number of rotatable bonds is 3. The van der Waals surface area contributed by atoms with Crippen LogP contribution in [-0.4, -0.2) is 22.6 Å². The van der Waals surface area contributed by atoms with E-state index >= 15 is 0 Å². The summed E-state index contributed by atoms with van der Waals surface area (Å²) in [5.74, 6) is -0.156. The van der Waals surface area contributed by atoms with Crippen LogP contribution in [-0.2, 0) is 12.0 Å². The molecule has 1 aromatic carbocycles. The number of nitrogens with one attached hydrogen (secondary N) is 1. The maximum Gasteiger partial charge on any atom is 0.128 e. The molecule has 1 atom stereocenters. The van der Waals surface area contributed by atoms with Gasteiger partial charge in [-0.3, -0.25) is 0 Å². The van der Waals surface area contributed by atoms with Crippen molar-refractivity contribution in [1.29, 1.82) is 0 Å². The molecule has 0 amide bonds. The van der Waals surface area contributed by atoms with Crippen LogP contribution in [0.5, 0.6) is 0 Å². The van der Waals surface area contributed by atoms with Crippen LogP contribution < -0.4 is 5.32 Å². The summed E-state index contributed by atoms with van der Waals surface area (Å²) >= 11 is 0. The number of hydrogen-bond acceptors (Lipinski definition) is 2. The van der Waals surface area contributed by atoms with Gasteiger partial charge in [-0.25, -0.2) is 9.37 Å². The fraction of sp³-hybridized carbons (Fsp3) is 0.400. The maximum atomic E-state index is 13.7. The molecule has 1 aliphatic rings. The fourth-order valence-electron chi connectivity index (χ4n) is 2.80. The lowest BCUT2D eigenvalue weighted by molar-refractivity contribution is 0.478. The Morgan fingerprint density at radius 3 is 3.00 bits per heavy atom. The summed E-state index contributed by atoms with van der Waals surface area (Å²) in [6.07, 6.45) is 4.80. The summed E-state index contributed by atoms with van der Waals surface area (Å²) in [7, 11) is 0. The molecule has 1 aromatic heterocycles. The second-order valence-corrected chi connectivity index (χ2v) is 5.49. The Morgan fingerprint density at radius 2 is 2.26 bits per heavy atom. The molecule has 0 spiro atoms. The summed E-state index contributed by atoms with van der Waals surface area (Å²) in [6.45, 7) is 4.76. The van der Waals surface area contributed by atoms with Gasteiger partial charge in [0.05, 0.1) is 12.9 Å². The topological polar surface area (TPSA) is 29.9 Å². The normalized spacial score (nSPS) is 22.8. The van der Waals surface area contributed by atoms with Gasteiger partial charge >= 0.3 is 0 Å². The third kappa shape index (κ3) is 2.28. The van der Waals surface area contributed by atoms with Gasteiger partial charge < -0.3 is 9.88 Å². The predicted octanol–water partition coefficient (Wildman–Crippen LogP) is 2.32. The first kappa shape index (κ1) is 12.4. The van der Waals surface area contributed by atoms with Gasteiger partial charge in [-0.05, 0) is 19.0 Å². The molecular formula is C15H18FN3. The van der Waals surface area contributed by atoms with Gasteiger partial charge in [0, 0.05) is 29.4 Å². The molecule has 0 radical (unpaired) electrons. The largest absolute Gasteiger partial charge is 0.329 e. The average molecular weight is 259 g/mol. The van der Waals surface area contributed by atoms with Crippen molar-refractivity contribution in [2.75, 3.05) is 13.1 Å². The Hall–Kier alpha value is -1.68. The van der Waals surface area contributed by atoms with E-state index in [2.05, 4.69) is 21.8 Å². The van der Waals surface area contributed by atoms with Crippen molar-refractivity contribution in [3.05, 3.63) is 53.9 Å². The van der Waals surface area contributed by atoms with E-state index < -0.39 is 0 Å². The number of halogens is 1. The Kier molecular flexibility index (Phi) is 3.11. The van der Waals surface area contributed by atoms with Crippen molar-refractivity contribution >= 4 is 0 Å². The van der Waals surface area contributed by atoms with E-state index in [4.69, 9.17) is 0 Å². The lowest BCUT2D eigenvalue weighted by Crippen LogP contribution is -2.28.